The van der Waals surface area contributed by atoms with Crippen molar-refractivity contribution in [1.29, 1.82) is 0 Å². The molecule has 0 atom stereocenters. The third-order valence-corrected chi connectivity index (χ3v) is 6.46. The van der Waals surface area contributed by atoms with Crippen LogP contribution >= 0.6 is 24.0 Å². The summed E-state index contributed by atoms with van der Waals surface area (Å²) in [5, 5.41) is 21.2. The number of methoxy groups -OCH3 is 1. The lowest BCUT2D eigenvalue weighted by Gasteiger charge is -2.14. The van der Waals surface area contributed by atoms with E-state index in [1.165, 1.54) is 30.0 Å². The van der Waals surface area contributed by atoms with Gasteiger partial charge in [0.1, 0.15) is 21.4 Å². The van der Waals surface area contributed by atoms with E-state index in [0.717, 1.165) is 17.7 Å². The maximum absolute atomic E-state index is 12.7. The van der Waals surface area contributed by atoms with E-state index in [0.29, 0.717) is 34.3 Å². The SMILES string of the molecule is COc1ccc(C=C2SC(=S)N(CCCCCC(=O)Nc3ccc(O)c(C(=O)O)c3)C2=O)cc1. The number of nitrogens with one attached hydrogen (secondary N) is 1. The molecule has 3 rings (SSSR count). The van der Waals surface area contributed by atoms with Gasteiger partial charge in [0, 0.05) is 18.7 Å². The maximum Gasteiger partial charge on any atom is 0.339 e. The lowest BCUT2D eigenvalue weighted by atomic mass is 10.1. The molecule has 0 aromatic heterocycles. The van der Waals surface area contributed by atoms with Gasteiger partial charge in [-0.05, 0) is 54.8 Å². The molecule has 0 saturated carbocycles. The highest BCUT2D eigenvalue weighted by atomic mass is 32.2. The largest absolute Gasteiger partial charge is 0.507 e. The summed E-state index contributed by atoms with van der Waals surface area (Å²) in [6.45, 7) is 0.478. The number of carbonyl (C=O) groups is 3. The average Bonchev–Trinajstić information content (AvgIpc) is 3.07. The molecule has 1 heterocycles. The average molecular weight is 501 g/mol. The topological polar surface area (TPSA) is 116 Å². The van der Waals surface area contributed by atoms with Gasteiger partial charge in [-0.1, -0.05) is 42.5 Å². The van der Waals surface area contributed by atoms with Crippen LogP contribution in [0.2, 0.25) is 0 Å². The number of aromatic hydroxyl groups is 1. The van der Waals surface area contributed by atoms with Crippen LogP contribution in [-0.4, -0.2) is 50.9 Å². The molecule has 178 valence electrons. The minimum atomic E-state index is -1.27. The fourth-order valence-electron chi connectivity index (χ4n) is 3.29. The van der Waals surface area contributed by atoms with Gasteiger partial charge in [-0.2, -0.15) is 0 Å². The zero-order chi connectivity index (χ0) is 24.7. The Balaban J connectivity index is 1.43. The molecular weight excluding hydrogens is 476 g/mol. The van der Waals surface area contributed by atoms with E-state index in [9.17, 15) is 19.5 Å². The highest BCUT2D eigenvalue weighted by Gasteiger charge is 2.31. The van der Waals surface area contributed by atoms with E-state index in [-0.39, 0.29) is 29.5 Å². The molecule has 2 aromatic rings. The second-order valence-corrected chi connectivity index (χ2v) is 9.18. The zero-order valence-electron chi connectivity index (χ0n) is 18.4. The van der Waals surface area contributed by atoms with Crippen LogP contribution in [0.1, 0.15) is 41.6 Å². The summed E-state index contributed by atoms with van der Waals surface area (Å²) in [5.74, 6) is -1.27. The lowest BCUT2D eigenvalue weighted by Crippen LogP contribution is -2.29. The fourth-order valence-corrected chi connectivity index (χ4v) is 4.59. The molecule has 34 heavy (non-hydrogen) atoms. The van der Waals surface area contributed by atoms with Crippen LogP contribution in [-0.2, 0) is 9.59 Å². The predicted octanol–water partition coefficient (Wildman–Crippen LogP) is 4.50. The predicted molar refractivity (Wildman–Crippen MR) is 135 cm³/mol. The van der Waals surface area contributed by atoms with Crippen molar-refractivity contribution in [3.63, 3.8) is 0 Å². The second kappa shape index (κ2) is 11.7. The number of carboxylic acids is 1. The summed E-state index contributed by atoms with van der Waals surface area (Å²) in [4.78, 5) is 38.1. The first-order valence-corrected chi connectivity index (χ1v) is 11.8. The van der Waals surface area contributed by atoms with Crippen molar-refractivity contribution < 1.29 is 29.3 Å². The zero-order valence-corrected chi connectivity index (χ0v) is 20.1. The van der Waals surface area contributed by atoms with Crippen molar-refractivity contribution in [2.75, 3.05) is 19.0 Å². The molecule has 0 unspecified atom stereocenters. The number of thioether (sulfide) groups is 1. The Labute approximate surface area is 206 Å². The van der Waals surface area contributed by atoms with Gasteiger partial charge in [-0.3, -0.25) is 14.5 Å². The van der Waals surface area contributed by atoms with Crippen molar-refractivity contribution in [2.24, 2.45) is 0 Å². The quantitative estimate of drug-likeness (QED) is 0.189. The number of benzene rings is 2. The smallest absolute Gasteiger partial charge is 0.339 e. The third-order valence-electron chi connectivity index (χ3n) is 5.08. The maximum atomic E-state index is 12.7. The Hall–Kier alpha value is -3.37. The van der Waals surface area contributed by atoms with Gasteiger partial charge < -0.3 is 20.3 Å². The molecule has 1 aliphatic heterocycles. The number of rotatable bonds is 10. The Morgan fingerprint density at radius 1 is 1.15 bits per heavy atom. The Morgan fingerprint density at radius 2 is 1.88 bits per heavy atom. The second-order valence-electron chi connectivity index (χ2n) is 7.50. The van der Waals surface area contributed by atoms with Crippen LogP contribution in [0.15, 0.2) is 47.4 Å². The monoisotopic (exact) mass is 500 g/mol. The van der Waals surface area contributed by atoms with E-state index >= 15 is 0 Å². The van der Waals surface area contributed by atoms with E-state index in [1.807, 2.05) is 30.3 Å². The number of anilines is 1. The number of nitrogens with zero attached hydrogens (tertiary/aromatic N) is 1. The van der Waals surface area contributed by atoms with Crippen LogP contribution < -0.4 is 10.1 Å². The number of ether oxygens (including phenoxy) is 1. The van der Waals surface area contributed by atoms with Crippen LogP contribution in [0.4, 0.5) is 5.69 Å². The number of phenols is 1. The van der Waals surface area contributed by atoms with Crippen LogP contribution in [0.3, 0.4) is 0 Å². The Kier molecular flexibility index (Phi) is 8.67. The summed E-state index contributed by atoms with van der Waals surface area (Å²) < 4.78 is 5.66. The van der Waals surface area contributed by atoms with Gasteiger partial charge in [-0.25, -0.2) is 4.79 Å². The minimum Gasteiger partial charge on any atom is -0.507 e. The molecule has 0 bridgehead atoms. The van der Waals surface area contributed by atoms with E-state index < -0.39 is 5.97 Å². The Bertz CT molecular complexity index is 1130. The number of hydrogen-bond donors (Lipinski definition) is 3. The Morgan fingerprint density at radius 3 is 2.56 bits per heavy atom. The summed E-state index contributed by atoms with van der Waals surface area (Å²) in [6.07, 6.45) is 4.07. The van der Waals surface area contributed by atoms with Gasteiger partial charge >= 0.3 is 5.97 Å². The highest BCUT2D eigenvalue weighted by molar-refractivity contribution is 8.26. The number of thiocarbonyl (C=S) groups is 1. The normalized spacial score (nSPS) is 14.5. The molecule has 0 radical (unpaired) electrons. The molecule has 1 aliphatic rings. The number of carbonyl (C=O) groups excluding carboxylic acids is 2. The number of unbranched alkanes of at least 4 members (excludes halogenated alkanes) is 2. The van der Waals surface area contributed by atoms with Crippen molar-refractivity contribution in [2.45, 2.75) is 25.7 Å². The van der Waals surface area contributed by atoms with Gasteiger partial charge in [0.2, 0.25) is 5.91 Å². The van der Waals surface area contributed by atoms with Crippen LogP contribution in [0.25, 0.3) is 6.08 Å². The number of hydrogen-bond acceptors (Lipinski definition) is 7. The van der Waals surface area contributed by atoms with Crippen molar-refractivity contribution in [3.05, 3.63) is 58.5 Å². The molecule has 1 fully saturated rings. The lowest BCUT2D eigenvalue weighted by molar-refractivity contribution is -0.122. The highest BCUT2D eigenvalue weighted by Crippen LogP contribution is 2.33. The molecule has 1 saturated heterocycles. The minimum absolute atomic E-state index is 0.120. The number of amides is 2. The summed E-state index contributed by atoms with van der Waals surface area (Å²) in [7, 11) is 1.60. The fraction of sp³-hybridized carbons (Fsp3) is 0.250. The first kappa shape index (κ1) is 25.3. The van der Waals surface area contributed by atoms with Crippen LogP contribution in [0.5, 0.6) is 11.5 Å². The van der Waals surface area contributed by atoms with Gasteiger partial charge in [-0.15, -0.1) is 0 Å². The van der Waals surface area contributed by atoms with Crippen molar-refractivity contribution in [3.8, 4) is 11.5 Å². The summed E-state index contributed by atoms with van der Waals surface area (Å²) in [5.41, 5.74) is 0.917. The van der Waals surface area contributed by atoms with Crippen molar-refractivity contribution in [1.82, 2.24) is 4.90 Å². The van der Waals surface area contributed by atoms with E-state index in [1.54, 1.807) is 12.0 Å². The third kappa shape index (κ3) is 6.58. The number of carboxylic acid groups (broad SMARTS) is 1. The first-order chi connectivity index (χ1) is 16.3. The van der Waals surface area contributed by atoms with Gasteiger partial charge in [0.05, 0.1) is 12.0 Å². The van der Waals surface area contributed by atoms with Crippen LogP contribution in [0, 0.1) is 0 Å². The first-order valence-electron chi connectivity index (χ1n) is 10.5. The van der Waals surface area contributed by atoms with E-state index in [4.69, 9.17) is 22.1 Å². The summed E-state index contributed by atoms with van der Waals surface area (Å²) >= 11 is 6.64. The molecule has 2 aromatic carbocycles. The van der Waals surface area contributed by atoms with Gasteiger partial charge in [0.15, 0.2) is 0 Å². The molecule has 3 N–H and O–H groups in total. The number of aromatic carboxylic acids is 1. The molecule has 2 amide bonds. The van der Waals surface area contributed by atoms with Gasteiger partial charge in [0.25, 0.3) is 5.91 Å². The molecule has 0 spiro atoms. The molecule has 10 heteroatoms. The summed E-state index contributed by atoms with van der Waals surface area (Å²) in [6, 6.07) is 11.3. The molecule has 0 aliphatic carbocycles. The molecular formula is C24H24N2O6S2. The molecule has 8 nitrogen and oxygen atoms in total. The van der Waals surface area contributed by atoms with E-state index in [2.05, 4.69) is 5.32 Å². The van der Waals surface area contributed by atoms with Crippen molar-refractivity contribution >= 4 is 57.8 Å². The standard InChI is InChI=1S/C24H24N2O6S2/c1-32-17-9-6-15(7-10-17)13-20-22(29)26(24(33)34-20)12-4-2-3-5-21(28)25-16-8-11-19(27)18(14-16)23(30)31/h6-11,13-14,27H,2-5,12H2,1H3,(H,25,28)(H,30,31).